The summed E-state index contributed by atoms with van der Waals surface area (Å²) in [6, 6.07) is 0.570. The van der Waals surface area contributed by atoms with Crippen LogP contribution in [0.15, 0.2) is 0 Å². The van der Waals surface area contributed by atoms with Crippen LogP contribution in [0, 0.1) is 0 Å². The Balaban J connectivity index is 2.97. The van der Waals surface area contributed by atoms with Crippen LogP contribution >= 0.6 is 11.8 Å². The van der Waals surface area contributed by atoms with Crippen LogP contribution in [0.3, 0.4) is 0 Å². The summed E-state index contributed by atoms with van der Waals surface area (Å²) in [6.45, 7) is 5.24. The van der Waals surface area contributed by atoms with Crippen molar-refractivity contribution >= 4 is 11.8 Å². The molecule has 1 N–H and O–H groups in total. The second-order valence-electron chi connectivity index (χ2n) is 2.92. The van der Waals surface area contributed by atoms with Crippen molar-refractivity contribution in [3.8, 4) is 0 Å². The molecule has 0 saturated heterocycles. The van der Waals surface area contributed by atoms with Crippen molar-refractivity contribution < 1.29 is 9.47 Å². The molecule has 0 spiro atoms. The number of hydrogen-bond donors (Lipinski definition) is 1. The molecule has 0 bridgehead atoms. The molecule has 0 aromatic carbocycles. The topological polar surface area (TPSA) is 30.5 Å². The first kappa shape index (κ1) is 13.2. The zero-order valence-electron chi connectivity index (χ0n) is 8.84. The fourth-order valence-electron chi connectivity index (χ4n) is 0.931. The van der Waals surface area contributed by atoms with E-state index in [4.69, 9.17) is 9.47 Å². The van der Waals surface area contributed by atoms with Crippen molar-refractivity contribution in [2.24, 2.45) is 0 Å². The Morgan fingerprint density at radius 1 is 1.31 bits per heavy atom. The summed E-state index contributed by atoms with van der Waals surface area (Å²) in [7, 11) is 1.68. The standard InChI is InChI=1S/C9H21NO2S/c1-9(8-13-3)10-4-5-12-7-6-11-2/h9-10H,4-8H2,1-3H3. The number of hydrogen-bond acceptors (Lipinski definition) is 4. The quantitative estimate of drug-likeness (QED) is 0.571. The minimum atomic E-state index is 0.570. The molecule has 0 aliphatic heterocycles. The van der Waals surface area contributed by atoms with Crippen molar-refractivity contribution in [1.82, 2.24) is 5.32 Å². The lowest BCUT2D eigenvalue weighted by molar-refractivity contribution is 0.0714. The number of ether oxygens (including phenoxy) is 2. The molecule has 13 heavy (non-hydrogen) atoms. The van der Waals surface area contributed by atoms with Crippen LogP contribution in [-0.4, -0.2) is 51.5 Å². The van der Waals surface area contributed by atoms with Gasteiger partial charge in [0.15, 0.2) is 0 Å². The summed E-state index contributed by atoms with van der Waals surface area (Å²) >= 11 is 1.86. The minimum Gasteiger partial charge on any atom is -0.382 e. The summed E-state index contributed by atoms with van der Waals surface area (Å²) in [5.74, 6) is 1.15. The van der Waals surface area contributed by atoms with Gasteiger partial charge >= 0.3 is 0 Å². The molecule has 0 fully saturated rings. The molecule has 0 aromatic rings. The maximum absolute atomic E-state index is 5.31. The molecule has 0 aliphatic rings. The van der Waals surface area contributed by atoms with Crippen LogP contribution in [0.25, 0.3) is 0 Å². The summed E-state index contributed by atoms with van der Waals surface area (Å²) < 4.78 is 10.2. The predicted molar refractivity (Wildman–Crippen MR) is 58.5 cm³/mol. The fourth-order valence-corrected chi connectivity index (χ4v) is 1.55. The number of nitrogens with one attached hydrogen (secondary N) is 1. The average molecular weight is 207 g/mol. The predicted octanol–water partition coefficient (Wildman–Crippen LogP) is 0.990. The summed E-state index contributed by atoms with van der Waals surface area (Å²) in [6.07, 6.45) is 2.12. The molecule has 1 unspecified atom stereocenters. The maximum atomic E-state index is 5.31. The third kappa shape index (κ3) is 10.1. The Hall–Kier alpha value is 0.230. The lowest BCUT2D eigenvalue weighted by Gasteiger charge is -2.11. The first-order valence-corrected chi connectivity index (χ1v) is 5.99. The van der Waals surface area contributed by atoms with Gasteiger partial charge in [0.1, 0.15) is 0 Å². The molecule has 0 saturated carbocycles. The third-order valence-electron chi connectivity index (χ3n) is 1.59. The van der Waals surface area contributed by atoms with Crippen molar-refractivity contribution in [3.05, 3.63) is 0 Å². The van der Waals surface area contributed by atoms with Gasteiger partial charge in [0.2, 0.25) is 0 Å². The summed E-state index contributed by atoms with van der Waals surface area (Å²) in [4.78, 5) is 0. The highest BCUT2D eigenvalue weighted by atomic mass is 32.2. The van der Waals surface area contributed by atoms with E-state index in [1.165, 1.54) is 0 Å². The summed E-state index contributed by atoms with van der Waals surface area (Å²) in [5, 5.41) is 3.37. The second-order valence-corrected chi connectivity index (χ2v) is 3.83. The third-order valence-corrected chi connectivity index (χ3v) is 2.42. The van der Waals surface area contributed by atoms with Gasteiger partial charge in [-0.25, -0.2) is 0 Å². The van der Waals surface area contributed by atoms with Crippen LogP contribution in [0.2, 0.25) is 0 Å². The van der Waals surface area contributed by atoms with Gasteiger partial charge in [-0.2, -0.15) is 11.8 Å². The maximum Gasteiger partial charge on any atom is 0.0700 e. The first-order valence-electron chi connectivity index (χ1n) is 4.60. The molecule has 0 rings (SSSR count). The van der Waals surface area contributed by atoms with E-state index in [0.29, 0.717) is 19.3 Å². The molecule has 1 atom stereocenters. The molecule has 0 heterocycles. The Labute approximate surface area is 85.6 Å². The summed E-state index contributed by atoms with van der Waals surface area (Å²) in [5.41, 5.74) is 0. The number of thioether (sulfide) groups is 1. The van der Waals surface area contributed by atoms with Gasteiger partial charge in [0, 0.05) is 25.4 Å². The average Bonchev–Trinajstić information content (AvgIpc) is 2.11. The number of methoxy groups -OCH3 is 1. The monoisotopic (exact) mass is 207 g/mol. The fraction of sp³-hybridized carbons (Fsp3) is 1.00. The van der Waals surface area contributed by atoms with Crippen molar-refractivity contribution in [2.45, 2.75) is 13.0 Å². The van der Waals surface area contributed by atoms with Crippen molar-refractivity contribution in [1.29, 1.82) is 0 Å². The largest absolute Gasteiger partial charge is 0.382 e. The van der Waals surface area contributed by atoms with Gasteiger partial charge in [-0.05, 0) is 13.2 Å². The van der Waals surface area contributed by atoms with E-state index in [-0.39, 0.29) is 0 Å². The normalized spacial score (nSPS) is 13.2. The van der Waals surface area contributed by atoms with Crippen LogP contribution in [0.1, 0.15) is 6.92 Å². The smallest absolute Gasteiger partial charge is 0.0700 e. The van der Waals surface area contributed by atoms with Gasteiger partial charge in [0.05, 0.1) is 19.8 Å². The Morgan fingerprint density at radius 2 is 2.08 bits per heavy atom. The Kier molecular flexibility index (Phi) is 10.5. The number of rotatable bonds is 9. The molecule has 3 nitrogen and oxygen atoms in total. The van der Waals surface area contributed by atoms with Crippen LogP contribution in [-0.2, 0) is 9.47 Å². The molecular weight excluding hydrogens is 186 g/mol. The van der Waals surface area contributed by atoms with E-state index >= 15 is 0 Å². The van der Waals surface area contributed by atoms with Gasteiger partial charge < -0.3 is 14.8 Å². The first-order chi connectivity index (χ1) is 6.31. The van der Waals surface area contributed by atoms with E-state index < -0.39 is 0 Å². The van der Waals surface area contributed by atoms with Gasteiger partial charge in [-0.1, -0.05) is 0 Å². The Bertz CT molecular complexity index is 104. The van der Waals surface area contributed by atoms with E-state index in [9.17, 15) is 0 Å². The van der Waals surface area contributed by atoms with Crippen molar-refractivity contribution in [2.75, 3.05) is 45.5 Å². The highest BCUT2D eigenvalue weighted by molar-refractivity contribution is 7.98. The molecule has 0 radical (unpaired) electrons. The van der Waals surface area contributed by atoms with E-state index in [1.54, 1.807) is 7.11 Å². The molecular formula is C9H21NO2S. The highest BCUT2D eigenvalue weighted by Gasteiger charge is 1.97. The molecule has 0 aliphatic carbocycles. The van der Waals surface area contributed by atoms with E-state index in [0.717, 1.165) is 18.9 Å². The van der Waals surface area contributed by atoms with Gasteiger partial charge in [-0.3, -0.25) is 0 Å². The molecule has 80 valence electrons. The lowest BCUT2D eigenvalue weighted by atomic mass is 10.4. The van der Waals surface area contributed by atoms with Gasteiger partial charge in [-0.15, -0.1) is 0 Å². The second kappa shape index (κ2) is 10.3. The zero-order chi connectivity index (χ0) is 9.94. The van der Waals surface area contributed by atoms with Crippen LogP contribution in [0.5, 0.6) is 0 Å². The van der Waals surface area contributed by atoms with E-state index in [2.05, 4.69) is 18.5 Å². The molecule has 0 amide bonds. The highest BCUT2D eigenvalue weighted by Crippen LogP contribution is 1.94. The molecule has 4 heteroatoms. The van der Waals surface area contributed by atoms with E-state index in [1.807, 2.05) is 11.8 Å². The van der Waals surface area contributed by atoms with Crippen molar-refractivity contribution in [3.63, 3.8) is 0 Å². The van der Waals surface area contributed by atoms with Crippen LogP contribution in [0.4, 0.5) is 0 Å². The molecule has 0 aromatic heterocycles. The SMILES string of the molecule is COCCOCCNC(C)CSC. The van der Waals surface area contributed by atoms with Crippen LogP contribution < -0.4 is 5.32 Å². The lowest BCUT2D eigenvalue weighted by Crippen LogP contribution is -2.31. The van der Waals surface area contributed by atoms with Gasteiger partial charge in [0.25, 0.3) is 0 Å². The Morgan fingerprint density at radius 3 is 2.69 bits per heavy atom. The zero-order valence-corrected chi connectivity index (χ0v) is 9.65. The minimum absolute atomic E-state index is 0.570.